The van der Waals surface area contributed by atoms with Crippen LogP contribution in [0.15, 0.2) is 0 Å². The third-order valence-corrected chi connectivity index (χ3v) is 4.62. The number of alkyl halides is 3. The first-order valence-electron chi connectivity index (χ1n) is 6.53. The lowest BCUT2D eigenvalue weighted by Gasteiger charge is -2.22. The van der Waals surface area contributed by atoms with E-state index in [1.807, 2.05) is 0 Å². The number of hydrogen-bond acceptors (Lipinski definition) is 3. The summed E-state index contributed by atoms with van der Waals surface area (Å²) in [6.07, 6.45) is -3.01. The van der Waals surface area contributed by atoms with Crippen LogP contribution < -0.4 is 10.0 Å². The van der Waals surface area contributed by atoms with Crippen molar-refractivity contribution in [2.45, 2.75) is 38.3 Å². The fraction of sp³-hybridized carbons (Fsp3) is 1.00. The highest BCUT2D eigenvalue weighted by atomic mass is 32.2. The summed E-state index contributed by atoms with van der Waals surface area (Å²) in [5, 5.41) is 3.13. The predicted octanol–water partition coefficient (Wildman–Crippen LogP) is 1.64. The molecule has 1 unspecified atom stereocenters. The summed E-state index contributed by atoms with van der Waals surface area (Å²) in [5.74, 6) is 0.153. The summed E-state index contributed by atoms with van der Waals surface area (Å²) in [4.78, 5) is 0. The maximum absolute atomic E-state index is 11.9. The fourth-order valence-corrected chi connectivity index (χ4v) is 3.59. The van der Waals surface area contributed by atoms with Crippen LogP contribution in [0.25, 0.3) is 0 Å². The molecule has 1 heterocycles. The van der Waals surface area contributed by atoms with Gasteiger partial charge in [0.05, 0.1) is 5.75 Å². The van der Waals surface area contributed by atoms with Crippen LogP contribution in [0.5, 0.6) is 0 Å². The Balaban J connectivity index is 2.16. The summed E-state index contributed by atoms with van der Waals surface area (Å²) in [6.45, 7) is 1.69. The van der Waals surface area contributed by atoms with Gasteiger partial charge < -0.3 is 5.32 Å². The van der Waals surface area contributed by atoms with Crippen LogP contribution in [0.2, 0.25) is 0 Å². The Morgan fingerprint density at radius 1 is 1.26 bits per heavy atom. The van der Waals surface area contributed by atoms with Crippen LogP contribution in [0.3, 0.4) is 0 Å². The quantitative estimate of drug-likeness (QED) is 0.703. The van der Waals surface area contributed by atoms with Crippen molar-refractivity contribution < 1.29 is 21.6 Å². The molecule has 1 saturated heterocycles. The third kappa shape index (κ3) is 8.43. The van der Waals surface area contributed by atoms with Crippen LogP contribution >= 0.6 is 0 Å². The smallest absolute Gasteiger partial charge is 0.316 e. The van der Waals surface area contributed by atoms with Gasteiger partial charge in [-0.25, -0.2) is 13.1 Å². The molecule has 1 fully saturated rings. The van der Waals surface area contributed by atoms with Crippen LogP contribution in [-0.4, -0.2) is 40.0 Å². The molecule has 0 amide bonds. The van der Waals surface area contributed by atoms with Crippen molar-refractivity contribution in [1.82, 2.24) is 10.0 Å². The zero-order valence-corrected chi connectivity index (χ0v) is 11.6. The molecule has 1 atom stereocenters. The number of rotatable bonds is 7. The second-order valence-electron chi connectivity index (χ2n) is 4.96. The topological polar surface area (TPSA) is 58.2 Å². The minimum absolute atomic E-state index is 0.0446. The largest absolute Gasteiger partial charge is 0.389 e. The highest BCUT2D eigenvalue weighted by Crippen LogP contribution is 2.21. The molecule has 0 spiro atoms. The minimum Gasteiger partial charge on any atom is -0.316 e. The standard InChI is InChI=1S/C11H21F3N2O2S/c12-11(13,14)5-1-2-7-16-19(17,18)9-10-4-3-6-15-8-10/h10,15-16H,1-9H2. The van der Waals surface area contributed by atoms with Gasteiger partial charge in [-0.05, 0) is 44.7 Å². The lowest BCUT2D eigenvalue weighted by atomic mass is 10.0. The van der Waals surface area contributed by atoms with Gasteiger partial charge in [-0.15, -0.1) is 0 Å². The van der Waals surface area contributed by atoms with Crippen LogP contribution in [0.4, 0.5) is 13.2 Å². The molecule has 0 aliphatic carbocycles. The molecule has 1 aliphatic rings. The van der Waals surface area contributed by atoms with E-state index < -0.39 is 22.6 Å². The molecule has 0 aromatic carbocycles. The summed E-state index contributed by atoms with van der Waals surface area (Å²) >= 11 is 0. The van der Waals surface area contributed by atoms with Gasteiger partial charge in [-0.1, -0.05) is 0 Å². The number of piperidine rings is 1. The van der Waals surface area contributed by atoms with Crippen molar-refractivity contribution >= 4 is 10.0 Å². The van der Waals surface area contributed by atoms with E-state index in [0.29, 0.717) is 6.54 Å². The third-order valence-electron chi connectivity index (χ3n) is 3.06. The van der Waals surface area contributed by atoms with Crippen molar-refractivity contribution in [2.24, 2.45) is 5.92 Å². The molecule has 0 saturated carbocycles. The van der Waals surface area contributed by atoms with Crippen molar-refractivity contribution in [1.29, 1.82) is 0 Å². The first-order chi connectivity index (χ1) is 8.79. The van der Waals surface area contributed by atoms with Gasteiger partial charge in [0.25, 0.3) is 0 Å². The number of hydrogen-bond donors (Lipinski definition) is 2. The minimum atomic E-state index is -4.16. The van der Waals surface area contributed by atoms with E-state index in [4.69, 9.17) is 0 Å². The van der Waals surface area contributed by atoms with E-state index >= 15 is 0 Å². The lowest BCUT2D eigenvalue weighted by molar-refractivity contribution is -0.135. The van der Waals surface area contributed by atoms with Gasteiger partial charge in [0.15, 0.2) is 0 Å². The Kier molecular flexibility index (Phi) is 6.55. The Hall–Kier alpha value is -0.340. The molecular formula is C11H21F3N2O2S. The second-order valence-corrected chi connectivity index (χ2v) is 6.81. The Morgan fingerprint density at radius 2 is 2.00 bits per heavy atom. The van der Waals surface area contributed by atoms with Crippen molar-refractivity contribution in [3.05, 3.63) is 0 Å². The molecule has 2 N–H and O–H groups in total. The molecule has 0 aromatic rings. The molecule has 1 aliphatic heterocycles. The monoisotopic (exact) mass is 302 g/mol. The molecule has 114 valence electrons. The lowest BCUT2D eigenvalue weighted by Crippen LogP contribution is -2.37. The normalized spacial score (nSPS) is 21.5. The molecule has 19 heavy (non-hydrogen) atoms. The number of nitrogens with one attached hydrogen (secondary N) is 2. The van der Waals surface area contributed by atoms with E-state index in [9.17, 15) is 21.6 Å². The van der Waals surface area contributed by atoms with E-state index in [-0.39, 0.29) is 31.1 Å². The summed E-state index contributed by atoms with van der Waals surface area (Å²) < 4.78 is 61.4. The van der Waals surface area contributed by atoms with Crippen LogP contribution in [0.1, 0.15) is 32.1 Å². The van der Waals surface area contributed by atoms with Gasteiger partial charge in [-0.2, -0.15) is 13.2 Å². The average Bonchev–Trinajstić information content (AvgIpc) is 2.27. The maximum Gasteiger partial charge on any atom is 0.389 e. The van der Waals surface area contributed by atoms with Gasteiger partial charge in [0, 0.05) is 13.0 Å². The zero-order valence-electron chi connectivity index (χ0n) is 10.8. The predicted molar refractivity (Wildman–Crippen MR) is 67.3 cm³/mol. The second kappa shape index (κ2) is 7.44. The maximum atomic E-state index is 11.9. The molecule has 4 nitrogen and oxygen atoms in total. The van der Waals surface area contributed by atoms with Crippen LogP contribution in [-0.2, 0) is 10.0 Å². The van der Waals surface area contributed by atoms with Gasteiger partial charge in [0.2, 0.25) is 10.0 Å². The number of unbranched alkanes of at least 4 members (excludes halogenated alkanes) is 1. The molecule has 0 radical (unpaired) electrons. The Morgan fingerprint density at radius 3 is 2.58 bits per heavy atom. The van der Waals surface area contributed by atoms with Crippen molar-refractivity contribution in [3.8, 4) is 0 Å². The fourth-order valence-electron chi connectivity index (χ4n) is 2.11. The summed E-state index contributed by atoms with van der Waals surface area (Å²) in [6, 6.07) is 0. The van der Waals surface area contributed by atoms with Gasteiger partial charge in [-0.3, -0.25) is 0 Å². The first-order valence-corrected chi connectivity index (χ1v) is 8.18. The molecule has 1 rings (SSSR count). The molecule has 0 bridgehead atoms. The average molecular weight is 302 g/mol. The number of halogens is 3. The molecule has 8 heteroatoms. The van der Waals surface area contributed by atoms with E-state index in [2.05, 4.69) is 10.0 Å². The van der Waals surface area contributed by atoms with Crippen molar-refractivity contribution in [2.75, 3.05) is 25.4 Å². The van der Waals surface area contributed by atoms with Gasteiger partial charge >= 0.3 is 6.18 Å². The van der Waals surface area contributed by atoms with Crippen LogP contribution in [0, 0.1) is 5.92 Å². The zero-order chi connectivity index (χ0) is 14.4. The highest BCUT2D eigenvalue weighted by Gasteiger charge is 2.26. The molecular weight excluding hydrogens is 281 g/mol. The molecule has 0 aromatic heterocycles. The number of sulfonamides is 1. The first kappa shape index (κ1) is 16.7. The Labute approximate surface area is 112 Å². The summed E-state index contributed by atoms with van der Waals surface area (Å²) in [5.41, 5.74) is 0. The highest BCUT2D eigenvalue weighted by molar-refractivity contribution is 7.89. The van der Waals surface area contributed by atoms with Crippen molar-refractivity contribution in [3.63, 3.8) is 0 Å². The van der Waals surface area contributed by atoms with E-state index in [1.54, 1.807) is 0 Å². The summed E-state index contributed by atoms with van der Waals surface area (Å²) in [7, 11) is -3.37. The van der Waals surface area contributed by atoms with E-state index in [1.165, 1.54) is 0 Å². The SMILES string of the molecule is O=S(=O)(CC1CCCNC1)NCCCCC(F)(F)F. The Bertz CT molecular complexity index is 351. The van der Waals surface area contributed by atoms with Gasteiger partial charge in [0.1, 0.15) is 0 Å². The van der Waals surface area contributed by atoms with E-state index in [0.717, 1.165) is 19.4 Å².